The lowest BCUT2D eigenvalue weighted by Gasteiger charge is -1.99. The van der Waals surface area contributed by atoms with Crippen LogP contribution in [0.4, 0.5) is 0 Å². The normalized spacial score (nSPS) is 9.07. The summed E-state index contributed by atoms with van der Waals surface area (Å²) in [6, 6.07) is 5.11. The first-order chi connectivity index (χ1) is 7.02. The maximum absolute atomic E-state index is 10.5. The van der Waals surface area contributed by atoms with E-state index in [9.17, 15) is 4.79 Å². The predicted octanol–water partition coefficient (Wildman–Crippen LogP) is 2.34. The van der Waals surface area contributed by atoms with E-state index < -0.39 is 5.97 Å². The number of carboxylic acid groups (broad SMARTS) is 1. The Balaban J connectivity index is 0.000000423. The van der Waals surface area contributed by atoms with E-state index in [1.54, 1.807) is 12.1 Å². The van der Waals surface area contributed by atoms with Crippen LogP contribution in [-0.4, -0.2) is 23.0 Å². The number of hydrogen-bond donors (Lipinski definition) is 2. The molecule has 0 fully saturated rings. The molecule has 0 aliphatic heterocycles. The first-order valence-electron chi connectivity index (χ1n) is 4.59. The number of alkyl halides is 1. The SMILES string of the molecule is Cc1ccc(C(=O)O)cc1C.NCCBr. The van der Waals surface area contributed by atoms with Gasteiger partial charge in [-0.2, -0.15) is 0 Å². The van der Waals surface area contributed by atoms with Gasteiger partial charge in [-0.15, -0.1) is 0 Å². The van der Waals surface area contributed by atoms with Gasteiger partial charge in [0.25, 0.3) is 0 Å². The highest BCUT2D eigenvalue weighted by Gasteiger charge is 2.02. The molecule has 0 amide bonds. The minimum atomic E-state index is -0.867. The van der Waals surface area contributed by atoms with Gasteiger partial charge < -0.3 is 10.8 Å². The Hall–Kier alpha value is -0.870. The van der Waals surface area contributed by atoms with Gasteiger partial charge in [-0.05, 0) is 37.1 Å². The molecule has 0 spiro atoms. The largest absolute Gasteiger partial charge is 0.478 e. The van der Waals surface area contributed by atoms with Gasteiger partial charge in [-0.25, -0.2) is 4.79 Å². The zero-order chi connectivity index (χ0) is 11.8. The molecule has 0 radical (unpaired) electrons. The molecule has 84 valence electrons. The van der Waals surface area contributed by atoms with Gasteiger partial charge in [0.1, 0.15) is 0 Å². The van der Waals surface area contributed by atoms with Crippen LogP contribution < -0.4 is 5.73 Å². The van der Waals surface area contributed by atoms with E-state index in [1.165, 1.54) is 0 Å². The number of halogens is 1. The van der Waals surface area contributed by atoms with Crippen LogP contribution in [-0.2, 0) is 0 Å². The zero-order valence-corrected chi connectivity index (χ0v) is 10.5. The Morgan fingerprint density at radius 3 is 2.27 bits per heavy atom. The van der Waals surface area contributed by atoms with Crippen LogP contribution in [0, 0.1) is 13.8 Å². The van der Waals surface area contributed by atoms with Gasteiger partial charge in [0.15, 0.2) is 0 Å². The Kier molecular flexibility index (Phi) is 6.99. The van der Waals surface area contributed by atoms with Crippen LogP contribution in [0.5, 0.6) is 0 Å². The lowest BCUT2D eigenvalue weighted by molar-refractivity contribution is 0.0697. The quantitative estimate of drug-likeness (QED) is 0.814. The lowest BCUT2D eigenvalue weighted by Crippen LogP contribution is -1.97. The molecule has 4 heteroatoms. The number of carboxylic acids is 1. The van der Waals surface area contributed by atoms with Gasteiger partial charge in [-0.3, -0.25) is 0 Å². The molecule has 0 aromatic heterocycles. The van der Waals surface area contributed by atoms with Crippen molar-refractivity contribution in [3.63, 3.8) is 0 Å². The smallest absolute Gasteiger partial charge is 0.335 e. The predicted molar refractivity (Wildman–Crippen MR) is 65.7 cm³/mol. The van der Waals surface area contributed by atoms with E-state index in [0.29, 0.717) is 5.56 Å². The summed E-state index contributed by atoms with van der Waals surface area (Å²) in [5, 5.41) is 9.51. The molecule has 0 aliphatic carbocycles. The Bertz CT molecular complexity index is 324. The highest BCUT2D eigenvalue weighted by atomic mass is 79.9. The second kappa shape index (κ2) is 7.43. The summed E-state index contributed by atoms with van der Waals surface area (Å²) in [7, 11) is 0. The first kappa shape index (κ1) is 14.1. The summed E-state index contributed by atoms with van der Waals surface area (Å²) in [6.07, 6.45) is 0. The molecular weight excluding hydrogens is 258 g/mol. The number of aromatic carboxylic acids is 1. The zero-order valence-electron chi connectivity index (χ0n) is 8.96. The molecule has 1 rings (SSSR count). The van der Waals surface area contributed by atoms with Gasteiger partial charge in [0.05, 0.1) is 5.56 Å². The van der Waals surface area contributed by atoms with E-state index >= 15 is 0 Å². The van der Waals surface area contributed by atoms with Crippen molar-refractivity contribution < 1.29 is 9.90 Å². The van der Waals surface area contributed by atoms with Gasteiger partial charge in [-0.1, -0.05) is 22.0 Å². The Labute approximate surface area is 98.4 Å². The molecule has 0 saturated carbocycles. The number of hydrogen-bond acceptors (Lipinski definition) is 2. The van der Waals surface area contributed by atoms with Crippen molar-refractivity contribution in [1.82, 2.24) is 0 Å². The van der Waals surface area contributed by atoms with Crippen molar-refractivity contribution in [3.8, 4) is 0 Å². The topological polar surface area (TPSA) is 63.3 Å². The highest BCUT2D eigenvalue weighted by Crippen LogP contribution is 2.09. The highest BCUT2D eigenvalue weighted by molar-refractivity contribution is 9.09. The van der Waals surface area contributed by atoms with Crippen LogP contribution >= 0.6 is 15.9 Å². The summed E-state index contributed by atoms with van der Waals surface area (Å²) in [5.74, 6) is -0.867. The number of carbonyl (C=O) groups is 1. The van der Waals surface area contributed by atoms with E-state index in [-0.39, 0.29) is 0 Å². The van der Waals surface area contributed by atoms with E-state index in [1.807, 2.05) is 19.9 Å². The van der Waals surface area contributed by atoms with E-state index in [4.69, 9.17) is 10.8 Å². The van der Waals surface area contributed by atoms with Crippen molar-refractivity contribution >= 4 is 21.9 Å². The van der Waals surface area contributed by atoms with Crippen molar-refractivity contribution in [2.45, 2.75) is 13.8 Å². The van der Waals surface area contributed by atoms with Crippen molar-refractivity contribution in [3.05, 3.63) is 34.9 Å². The van der Waals surface area contributed by atoms with Gasteiger partial charge in [0.2, 0.25) is 0 Å². The lowest BCUT2D eigenvalue weighted by atomic mass is 10.1. The van der Waals surface area contributed by atoms with Crippen LogP contribution in [0.25, 0.3) is 0 Å². The number of aryl methyl sites for hydroxylation is 2. The third kappa shape index (κ3) is 5.54. The van der Waals surface area contributed by atoms with Gasteiger partial charge >= 0.3 is 5.97 Å². The minimum absolute atomic E-state index is 0.355. The maximum Gasteiger partial charge on any atom is 0.335 e. The standard InChI is InChI=1S/C9H10O2.C2H6BrN/c1-6-3-4-8(9(10)11)5-7(6)2;3-1-2-4/h3-5H,1-2H3,(H,10,11);1-2,4H2. The second-order valence-electron chi connectivity index (χ2n) is 3.08. The van der Waals surface area contributed by atoms with Gasteiger partial charge in [0, 0.05) is 11.9 Å². The summed E-state index contributed by atoms with van der Waals surface area (Å²) >= 11 is 3.12. The summed E-state index contributed by atoms with van der Waals surface area (Å²) in [5.41, 5.74) is 7.47. The molecule has 3 nitrogen and oxygen atoms in total. The number of rotatable bonds is 2. The second-order valence-corrected chi connectivity index (χ2v) is 3.87. The van der Waals surface area contributed by atoms with Crippen molar-refractivity contribution in [2.75, 3.05) is 11.9 Å². The molecule has 3 N–H and O–H groups in total. The fourth-order valence-electron chi connectivity index (χ4n) is 0.874. The van der Waals surface area contributed by atoms with E-state index in [0.717, 1.165) is 23.0 Å². The molecule has 15 heavy (non-hydrogen) atoms. The van der Waals surface area contributed by atoms with E-state index in [2.05, 4.69) is 15.9 Å². The molecule has 0 saturated heterocycles. The van der Waals surface area contributed by atoms with Crippen LogP contribution in [0.2, 0.25) is 0 Å². The van der Waals surface area contributed by atoms with Crippen molar-refractivity contribution in [1.29, 1.82) is 0 Å². The Morgan fingerprint density at radius 2 is 1.93 bits per heavy atom. The number of benzene rings is 1. The monoisotopic (exact) mass is 273 g/mol. The average molecular weight is 274 g/mol. The van der Waals surface area contributed by atoms with Crippen LogP contribution in [0.1, 0.15) is 21.5 Å². The molecular formula is C11H16BrNO2. The maximum atomic E-state index is 10.5. The van der Waals surface area contributed by atoms with Crippen molar-refractivity contribution in [2.24, 2.45) is 5.73 Å². The average Bonchev–Trinajstić information content (AvgIpc) is 2.22. The minimum Gasteiger partial charge on any atom is -0.478 e. The molecule has 0 unspecified atom stereocenters. The fourth-order valence-corrected chi connectivity index (χ4v) is 0.874. The number of nitrogens with two attached hydrogens (primary N) is 1. The first-order valence-corrected chi connectivity index (χ1v) is 5.71. The third-order valence-electron chi connectivity index (χ3n) is 1.86. The molecule has 0 bridgehead atoms. The van der Waals surface area contributed by atoms with Crippen LogP contribution in [0.15, 0.2) is 18.2 Å². The summed E-state index contributed by atoms with van der Waals surface area (Å²) in [4.78, 5) is 10.5. The summed E-state index contributed by atoms with van der Waals surface area (Å²) in [6.45, 7) is 4.60. The molecule has 0 aliphatic rings. The Morgan fingerprint density at radius 1 is 1.40 bits per heavy atom. The molecule has 0 atom stereocenters. The molecule has 1 aromatic rings. The van der Waals surface area contributed by atoms with Crippen LogP contribution in [0.3, 0.4) is 0 Å². The molecule has 1 aromatic carbocycles. The fraction of sp³-hybridized carbons (Fsp3) is 0.364. The summed E-state index contributed by atoms with van der Waals surface area (Å²) < 4.78 is 0. The molecule has 0 heterocycles. The third-order valence-corrected chi connectivity index (χ3v) is 2.32.